The quantitative estimate of drug-likeness (QED) is 0.859. The first-order chi connectivity index (χ1) is 12.2. The van der Waals surface area contributed by atoms with Crippen molar-refractivity contribution in [1.82, 2.24) is 4.90 Å². The topological polar surface area (TPSA) is 62.6 Å². The monoisotopic (exact) mass is 338 g/mol. The van der Waals surface area contributed by atoms with Gasteiger partial charge in [0.05, 0.1) is 6.26 Å². The zero-order valence-corrected chi connectivity index (χ0v) is 14.1. The van der Waals surface area contributed by atoms with Crippen molar-refractivity contribution in [2.45, 2.75) is 25.7 Å². The standard InChI is InChI=1S/C20H22N2O3/c23-19(12-11-18-6-5-15-25-18)21-17-9-7-16(8-10-17)20(24)22-13-3-1-2-4-14-22/h5-12,15H,1-4,13-14H2,(H,21,23). The molecule has 5 nitrogen and oxygen atoms in total. The Hall–Kier alpha value is -2.82. The summed E-state index contributed by atoms with van der Waals surface area (Å²) in [6.07, 6.45) is 9.10. The van der Waals surface area contributed by atoms with Crippen LogP contribution in [0.3, 0.4) is 0 Å². The summed E-state index contributed by atoms with van der Waals surface area (Å²) < 4.78 is 5.13. The molecule has 2 heterocycles. The lowest BCUT2D eigenvalue weighted by molar-refractivity contribution is -0.111. The van der Waals surface area contributed by atoms with Gasteiger partial charge in [-0.25, -0.2) is 0 Å². The van der Waals surface area contributed by atoms with Crippen molar-refractivity contribution in [2.24, 2.45) is 0 Å². The molecule has 0 atom stereocenters. The highest BCUT2D eigenvalue weighted by atomic mass is 16.3. The predicted molar refractivity (Wildman–Crippen MR) is 97.2 cm³/mol. The number of amides is 2. The summed E-state index contributed by atoms with van der Waals surface area (Å²) in [5.74, 6) is 0.439. The largest absolute Gasteiger partial charge is 0.465 e. The minimum atomic E-state index is -0.247. The van der Waals surface area contributed by atoms with Crippen LogP contribution in [0.15, 0.2) is 53.2 Å². The average Bonchev–Trinajstić information content (AvgIpc) is 3.00. The third-order valence-corrected chi connectivity index (χ3v) is 4.23. The van der Waals surface area contributed by atoms with Gasteiger partial charge in [0.1, 0.15) is 5.76 Å². The normalized spacial score (nSPS) is 15.1. The third-order valence-electron chi connectivity index (χ3n) is 4.23. The molecule has 0 aliphatic carbocycles. The summed E-state index contributed by atoms with van der Waals surface area (Å²) in [6.45, 7) is 1.66. The van der Waals surface area contributed by atoms with E-state index in [4.69, 9.17) is 4.42 Å². The van der Waals surface area contributed by atoms with Gasteiger partial charge in [0.25, 0.3) is 5.91 Å². The Kier molecular flexibility index (Phi) is 5.67. The molecule has 1 aromatic carbocycles. The smallest absolute Gasteiger partial charge is 0.253 e. The molecule has 1 N–H and O–H groups in total. The van der Waals surface area contributed by atoms with Crippen LogP contribution in [-0.4, -0.2) is 29.8 Å². The second-order valence-corrected chi connectivity index (χ2v) is 6.12. The van der Waals surface area contributed by atoms with Crippen molar-refractivity contribution in [3.05, 3.63) is 60.1 Å². The summed E-state index contributed by atoms with van der Waals surface area (Å²) in [5.41, 5.74) is 1.31. The van der Waals surface area contributed by atoms with Crippen molar-refractivity contribution in [2.75, 3.05) is 18.4 Å². The molecule has 0 saturated carbocycles. The lowest BCUT2D eigenvalue weighted by Gasteiger charge is -2.20. The highest BCUT2D eigenvalue weighted by molar-refractivity contribution is 6.02. The molecule has 1 aliphatic rings. The number of hydrogen-bond acceptors (Lipinski definition) is 3. The summed E-state index contributed by atoms with van der Waals surface area (Å²) in [6, 6.07) is 10.6. The predicted octanol–water partition coefficient (Wildman–Crippen LogP) is 3.95. The number of hydrogen-bond donors (Lipinski definition) is 1. The molecule has 0 spiro atoms. The van der Waals surface area contributed by atoms with E-state index in [1.807, 2.05) is 4.90 Å². The molecule has 0 radical (unpaired) electrons. The first-order valence-electron chi connectivity index (χ1n) is 8.64. The summed E-state index contributed by atoms with van der Waals surface area (Å²) in [7, 11) is 0. The third kappa shape index (κ3) is 4.83. The summed E-state index contributed by atoms with van der Waals surface area (Å²) >= 11 is 0. The van der Waals surface area contributed by atoms with Crippen LogP contribution >= 0.6 is 0 Å². The Balaban J connectivity index is 1.58. The number of anilines is 1. The molecule has 1 fully saturated rings. The van der Waals surface area contributed by atoms with Crippen LogP contribution in [0.2, 0.25) is 0 Å². The molecule has 1 aromatic heterocycles. The van der Waals surface area contributed by atoms with Crippen molar-refractivity contribution in [1.29, 1.82) is 0 Å². The fourth-order valence-corrected chi connectivity index (χ4v) is 2.88. The first kappa shape index (κ1) is 17.0. The molecule has 0 bridgehead atoms. The van der Waals surface area contributed by atoms with Crippen LogP contribution in [0, 0.1) is 0 Å². The van der Waals surface area contributed by atoms with Crippen molar-refractivity contribution >= 4 is 23.6 Å². The minimum absolute atomic E-state index is 0.0671. The van der Waals surface area contributed by atoms with Crippen LogP contribution in [0.1, 0.15) is 41.8 Å². The van der Waals surface area contributed by atoms with E-state index in [-0.39, 0.29) is 11.8 Å². The van der Waals surface area contributed by atoms with Gasteiger partial charge in [-0.3, -0.25) is 9.59 Å². The van der Waals surface area contributed by atoms with E-state index in [1.54, 1.807) is 48.7 Å². The van der Waals surface area contributed by atoms with Gasteiger partial charge >= 0.3 is 0 Å². The van der Waals surface area contributed by atoms with E-state index in [0.717, 1.165) is 25.9 Å². The van der Waals surface area contributed by atoms with E-state index >= 15 is 0 Å². The molecule has 2 aromatic rings. The van der Waals surface area contributed by atoms with E-state index < -0.39 is 0 Å². The fraction of sp³-hybridized carbons (Fsp3) is 0.300. The molecular weight excluding hydrogens is 316 g/mol. The Morgan fingerprint density at radius 1 is 1.00 bits per heavy atom. The zero-order chi connectivity index (χ0) is 17.5. The Morgan fingerprint density at radius 2 is 1.72 bits per heavy atom. The SMILES string of the molecule is O=C(C=Cc1ccco1)Nc1ccc(C(=O)N2CCCCCC2)cc1. The Bertz CT molecular complexity index is 725. The van der Waals surface area contributed by atoms with Gasteiger partial charge in [-0.1, -0.05) is 12.8 Å². The highest BCUT2D eigenvalue weighted by Gasteiger charge is 2.17. The van der Waals surface area contributed by atoms with Crippen LogP contribution in [-0.2, 0) is 4.79 Å². The van der Waals surface area contributed by atoms with Crippen LogP contribution in [0.4, 0.5) is 5.69 Å². The minimum Gasteiger partial charge on any atom is -0.465 e. The number of benzene rings is 1. The number of nitrogens with one attached hydrogen (secondary N) is 1. The second-order valence-electron chi connectivity index (χ2n) is 6.12. The molecule has 2 amide bonds. The van der Waals surface area contributed by atoms with Crippen LogP contribution in [0.25, 0.3) is 6.08 Å². The highest BCUT2D eigenvalue weighted by Crippen LogP contribution is 2.15. The number of likely N-dealkylation sites (tertiary alicyclic amines) is 1. The zero-order valence-electron chi connectivity index (χ0n) is 14.1. The summed E-state index contributed by atoms with van der Waals surface area (Å²) in [4.78, 5) is 26.4. The van der Waals surface area contributed by atoms with Gasteiger partial charge in [0.2, 0.25) is 5.91 Å². The molecule has 1 aliphatic heterocycles. The molecule has 0 unspecified atom stereocenters. The van der Waals surface area contributed by atoms with Crippen LogP contribution < -0.4 is 5.32 Å². The maximum Gasteiger partial charge on any atom is 0.253 e. The van der Waals surface area contributed by atoms with Gasteiger partial charge in [0, 0.05) is 30.4 Å². The van der Waals surface area contributed by atoms with Gasteiger partial charge in [0.15, 0.2) is 0 Å². The van der Waals surface area contributed by atoms with Crippen molar-refractivity contribution < 1.29 is 14.0 Å². The maximum atomic E-state index is 12.5. The lowest BCUT2D eigenvalue weighted by Crippen LogP contribution is -2.31. The molecular formula is C20H22N2O3. The van der Waals surface area contributed by atoms with Crippen molar-refractivity contribution in [3.8, 4) is 0 Å². The molecule has 25 heavy (non-hydrogen) atoms. The summed E-state index contributed by atoms with van der Waals surface area (Å²) in [5, 5.41) is 2.77. The van der Waals surface area contributed by atoms with Gasteiger partial charge < -0.3 is 14.6 Å². The average molecular weight is 338 g/mol. The number of rotatable bonds is 4. The second kappa shape index (κ2) is 8.33. The molecule has 3 rings (SSSR count). The number of nitrogens with zero attached hydrogens (tertiary/aromatic N) is 1. The fourth-order valence-electron chi connectivity index (χ4n) is 2.88. The van der Waals surface area contributed by atoms with Gasteiger partial charge in [-0.15, -0.1) is 0 Å². The lowest BCUT2D eigenvalue weighted by atomic mass is 10.1. The number of furan rings is 1. The van der Waals surface area contributed by atoms with E-state index in [9.17, 15) is 9.59 Å². The van der Waals surface area contributed by atoms with Crippen molar-refractivity contribution in [3.63, 3.8) is 0 Å². The van der Waals surface area contributed by atoms with E-state index in [0.29, 0.717) is 17.0 Å². The number of carbonyl (C=O) groups is 2. The molecule has 130 valence electrons. The Labute approximate surface area is 147 Å². The van der Waals surface area contributed by atoms with E-state index in [1.165, 1.54) is 18.9 Å². The Morgan fingerprint density at radius 3 is 2.36 bits per heavy atom. The molecule has 1 saturated heterocycles. The van der Waals surface area contributed by atoms with E-state index in [2.05, 4.69) is 5.32 Å². The number of carbonyl (C=O) groups excluding carboxylic acids is 2. The molecule has 5 heteroatoms. The van der Waals surface area contributed by atoms with Crippen LogP contribution in [0.5, 0.6) is 0 Å². The first-order valence-corrected chi connectivity index (χ1v) is 8.64. The van der Waals surface area contributed by atoms with Gasteiger partial charge in [-0.05, 0) is 55.3 Å². The van der Waals surface area contributed by atoms with Gasteiger partial charge in [-0.2, -0.15) is 0 Å². The maximum absolute atomic E-state index is 12.5.